The SMILES string of the molecule is CCCCOCC(O)CNC(C)(C(N)=O)C(C)C. The van der Waals surface area contributed by atoms with Gasteiger partial charge in [-0.3, -0.25) is 4.79 Å². The van der Waals surface area contributed by atoms with Gasteiger partial charge in [0.2, 0.25) is 5.91 Å². The van der Waals surface area contributed by atoms with Crippen molar-refractivity contribution >= 4 is 5.91 Å². The van der Waals surface area contributed by atoms with Gasteiger partial charge in [-0.2, -0.15) is 0 Å². The lowest BCUT2D eigenvalue weighted by Crippen LogP contribution is -2.58. The number of aliphatic hydroxyl groups is 1. The first-order valence-electron chi connectivity index (χ1n) is 6.65. The fourth-order valence-electron chi connectivity index (χ4n) is 1.43. The van der Waals surface area contributed by atoms with Crippen LogP contribution in [0.1, 0.15) is 40.5 Å². The van der Waals surface area contributed by atoms with Crippen molar-refractivity contribution in [2.45, 2.75) is 52.2 Å². The second kappa shape index (κ2) is 8.45. The van der Waals surface area contributed by atoms with Crippen molar-refractivity contribution in [3.05, 3.63) is 0 Å². The number of β-amino-alcohol motifs (C(OH)–C–C–N with tert-alkyl or cyclic N) is 1. The third kappa shape index (κ3) is 5.80. The lowest BCUT2D eigenvalue weighted by Gasteiger charge is -2.32. The van der Waals surface area contributed by atoms with Gasteiger partial charge in [0.05, 0.1) is 18.2 Å². The lowest BCUT2D eigenvalue weighted by molar-refractivity contribution is -0.125. The second-order valence-electron chi connectivity index (χ2n) is 5.18. The van der Waals surface area contributed by atoms with Crippen molar-refractivity contribution in [2.24, 2.45) is 11.7 Å². The molecule has 0 aromatic carbocycles. The maximum Gasteiger partial charge on any atom is 0.237 e. The largest absolute Gasteiger partial charge is 0.389 e. The molecule has 0 heterocycles. The zero-order valence-electron chi connectivity index (χ0n) is 12.0. The van der Waals surface area contributed by atoms with Crippen LogP contribution in [0.15, 0.2) is 0 Å². The molecule has 108 valence electrons. The van der Waals surface area contributed by atoms with Crippen molar-refractivity contribution in [1.82, 2.24) is 5.32 Å². The van der Waals surface area contributed by atoms with E-state index in [0.29, 0.717) is 13.2 Å². The van der Waals surface area contributed by atoms with Gasteiger partial charge in [-0.25, -0.2) is 0 Å². The van der Waals surface area contributed by atoms with Gasteiger partial charge in [0.1, 0.15) is 0 Å². The molecule has 0 aliphatic rings. The number of hydrogen-bond donors (Lipinski definition) is 3. The van der Waals surface area contributed by atoms with Crippen LogP contribution in [-0.2, 0) is 9.53 Å². The van der Waals surface area contributed by atoms with Crippen LogP contribution in [0.4, 0.5) is 0 Å². The average Bonchev–Trinajstić information content (AvgIpc) is 2.31. The van der Waals surface area contributed by atoms with Crippen LogP contribution in [0, 0.1) is 5.92 Å². The molecule has 0 radical (unpaired) electrons. The zero-order valence-corrected chi connectivity index (χ0v) is 12.0. The Morgan fingerprint density at radius 2 is 2.11 bits per heavy atom. The maximum atomic E-state index is 11.4. The van der Waals surface area contributed by atoms with Crippen LogP contribution in [0.5, 0.6) is 0 Å². The van der Waals surface area contributed by atoms with Crippen LogP contribution >= 0.6 is 0 Å². The second-order valence-corrected chi connectivity index (χ2v) is 5.18. The van der Waals surface area contributed by atoms with Crippen molar-refractivity contribution in [1.29, 1.82) is 0 Å². The topological polar surface area (TPSA) is 84.6 Å². The summed E-state index contributed by atoms with van der Waals surface area (Å²) < 4.78 is 5.32. The molecular formula is C13H28N2O3. The van der Waals surface area contributed by atoms with Gasteiger partial charge in [0.25, 0.3) is 0 Å². The Kier molecular flexibility index (Phi) is 8.15. The summed E-state index contributed by atoms with van der Waals surface area (Å²) >= 11 is 0. The minimum Gasteiger partial charge on any atom is -0.389 e. The molecule has 0 aromatic rings. The van der Waals surface area contributed by atoms with E-state index in [1.165, 1.54) is 0 Å². The summed E-state index contributed by atoms with van der Waals surface area (Å²) in [5, 5.41) is 12.8. The van der Waals surface area contributed by atoms with E-state index in [2.05, 4.69) is 12.2 Å². The molecule has 0 saturated carbocycles. The molecule has 1 amide bonds. The molecule has 0 spiro atoms. The van der Waals surface area contributed by atoms with Crippen molar-refractivity contribution in [3.63, 3.8) is 0 Å². The highest BCUT2D eigenvalue weighted by Crippen LogP contribution is 2.15. The Bertz CT molecular complexity index is 246. The fourth-order valence-corrected chi connectivity index (χ4v) is 1.43. The summed E-state index contributed by atoms with van der Waals surface area (Å²) in [6, 6.07) is 0. The Morgan fingerprint density at radius 1 is 1.50 bits per heavy atom. The van der Waals surface area contributed by atoms with Crippen LogP contribution in [0.2, 0.25) is 0 Å². The molecule has 0 bridgehead atoms. The first-order chi connectivity index (χ1) is 8.34. The van der Waals surface area contributed by atoms with Gasteiger partial charge in [0, 0.05) is 13.2 Å². The molecule has 4 N–H and O–H groups in total. The van der Waals surface area contributed by atoms with Gasteiger partial charge >= 0.3 is 0 Å². The fraction of sp³-hybridized carbons (Fsp3) is 0.923. The Labute approximate surface area is 110 Å². The molecule has 2 atom stereocenters. The molecule has 0 aliphatic heterocycles. The van der Waals surface area contributed by atoms with Crippen LogP contribution in [-0.4, -0.2) is 42.4 Å². The van der Waals surface area contributed by atoms with E-state index in [4.69, 9.17) is 10.5 Å². The number of aliphatic hydroxyl groups excluding tert-OH is 1. The summed E-state index contributed by atoms with van der Waals surface area (Å²) in [5.41, 5.74) is 4.58. The number of rotatable bonds is 10. The molecule has 2 unspecified atom stereocenters. The molecule has 0 fully saturated rings. The highest BCUT2D eigenvalue weighted by molar-refractivity contribution is 5.84. The number of nitrogens with one attached hydrogen (secondary N) is 1. The Balaban J connectivity index is 4.01. The Hall–Kier alpha value is -0.650. The third-order valence-electron chi connectivity index (χ3n) is 3.32. The standard InChI is InChI=1S/C13H28N2O3/c1-5-6-7-18-9-11(16)8-15-13(4,10(2)3)12(14)17/h10-11,15-16H,5-9H2,1-4H3,(H2,14,17). The summed E-state index contributed by atoms with van der Waals surface area (Å²) in [6.45, 7) is 8.91. The first-order valence-corrected chi connectivity index (χ1v) is 6.65. The van der Waals surface area contributed by atoms with E-state index in [1.807, 2.05) is 13.8 Å². The van der Waals surface area contributed by atoms with Crippen molar-refractivity contribution < 1.29 is 14.6 Å². The van der Waals surface area contributed by atoms with E-state index in [9.17, 15) is 9.90 Å². The smallest absolute Gasteiger partial charge is 0.237 e. The zero-order chi connectivity index (χ0) is 14.2. The van der Waals surface area contributed by atoms with Gasteiger partial charge in [-0.05, 0) is 19.3 Å². The number of carbonyl (C=O) groups excluding carboxylic acids is 1. The number of nitrogens with two attached hydrogens (primary N) is 1. The molecule has 0 saturated heterocycles. The minimum absolute atomic E-state index is 0.0585. The highest BCUT2D eigenvalue weighted by Gasteiger charge is 2.34. The summed E-state index contributed by atoms with van der Waals surface area (Å²) in [5.74, 6) is -0.347. The first kappa shape index (κ1) is 17.4. The molecule has 0 aromatic heterocycles. The highest BCUT2D eigenvalue weighted by atomic mass is 16.5. The molecule has 5 heteroatoms. The van der Waals surface area contributed by atoms with E-state index in [-0.39, 0.29) is 12.5 Å². The number of primary amides is 1. The van der Waals surface area contributed by atoms with Crippen LogP contribution in [0.25, 0.3) is 0 Å². The summed E-state index contributed by atoms with van der Waals surface area (Å²) in [6.07, 6.45) is 1.44. The van der Waals surface area contributed by atoms with Gasteiger partial charge in [-0.15, -0.1) is 0 Å². The number of ether oxygens (including phenoxy) is 1. The average molecular weight is 260 g/mol. The van der Waals surface area contributed by atoms with E-state index in [1.54, 1.807) is 6.92 Å². The minimum atomic E-state index is -0.801. The molecule has 0 rings (SSSR count). The van der Waals surface area contributed by atoms with Gasteiger partial charge in [0.15, 0.2) is 0 Å². The van der Waals surface area contributed by atoms with E-state index < -0.39 is 17.6 Å². The van der Waals surface area contributed by atoms with Gasteiger partial charge in [-0.1, -0.05) is 27.2 Å². The number of carbonyl (C=O) groups is 1. The molecular weight excluding hydrogens is 232 g/mol. The van der Waals surface area contributed by atoms with Gasteiger partial charge < -0.3 is 20.9 Å². The third-order valence-corrected chi connectivity index (χ3v) is 3.32. The predicted molar refractivity (Wildman–Crippen MR) is 72.2 cm³/mol. The van der Waals surface area contributed by atoms with Crippen molar-refractivity contribution in [3.8, 4) is 0 Å². The number of unbranched alkanes of at least 4 members (excludes halogenated alkanes) is 1. The van der Waals surface area contributed by atoms with E-state index >= 15 is 0 Å². The normalized spacial score (nSPS) is 16.6. The lowest BCUT2D eigenvalue weighted by atomic mass is 9.87. The Morgan fingerprint density at radius 3 is 2.56 bits per heavy atom. The molecule has 0 aliphatic carbocycles. The van der Waals surface area contributed by atoms with Crippen LogP contribution < -0.4 is 11.1 Å². The summed E-state index contributed by atoms with van der Waals surface area (Å²) in [7, 11) is 0. The van der Waals surface area contributed by atoms with Crippen LogP contribution in [0.3, 0.4) is 0 Å². The maximum absolute atomic E-state index is 11.4. The summed E-state index contributed by atoms with van der Waals surface area (Å²) in [4.78, 5) is 11.4. The van der Waals surface area contributed by atoms with Crippen molar-refractivity contribution in [2.75, 3.05) is 19.8 Å². The molecule has 5 nitrogen and oxygen atoms in total. The van der Waals surface area contributed by atoms with E-state index in [0.717, 1.165) is 12.8 Å². The quantitative estimate of drug-likeness (QED) is 0.504. The molecule has 18 heavy (non-hydrogen) atoms. The monoisotopic (exact) mass is 260 g/mol. The number of amides is 1. The predicted octanol–water partition coefficient (Wildman–Crippen LogP) is 0.654. The number of hydrogen-bond acceptors (Lipinski definition) is 4.